The Hall–Kier alpha value is -2.64. The molecule has 1 aromatic heterocycles. The summed E-state index contributed by atoms with van der Waals surface area (Å²) in [6, 6.07) is 2.22. The van der Waals surface area contributed by atoms with Gasteiger partial charge in [0, 0.05) is 12.1 Å². The molecule has 3 amide bonds. The van der Waals surface area contributed by atoms with Crippen LogP contribution < -0.4 is 15.4 Å². The van der Waals surface area contributed by atoms with Gasteiger partial charge in [-0.1, -0.05) is 26.7 Å². The highest BCUT2D eigenvalue weighted by molar-refractivity contribution is 5.96. The average Bonchev–Trinajstić information content (AvgIpc) is 2.56. The number of imide groups is 1. The predicted molar refractivity (Wildman–Crippen MR) is 88.3 cm³/mol. The largest absolute Gasteiger partial charge is 0.619 e. The van der Waals surface area contributed by atoms with Crippen molar-refractivity contribution in [3.05, 3.63) is 35.3 Å². The molecule has 0 aliphatic heterocycles. The van der Waals surface area contributed by atoms with E-state index in [9.17, 15) is 19.6 Å². The lowest BCUT2D eigenvalue weighted by Crippen LogP contribution is -2.49. The number of ether oxygens (including phenoxy) is 1. The number of hydrogen-bond acceptors (Lipinski definition) is 5. The molecule has 1 heterocycles. The highest BCUT2D eigenvalue weighted by Crippen LogP contribution is 2.29. The highest BCUT2D eigenvalue weighted by atomic mass is 16.5. The number of nitrogens with one attached hydrogen (secondary N) is 2. The minimum absolute atomic E-state index is 0.0240. The van der Waals surface area contributed by atoms with Crippen molar-refractivity contribution < 1.29 is 23.9 Å². The fourth-order valence-corrected chi connectivity index (χ4v) is 2.94. The summed E-state index contributed by atoms with van der Waals surface area (Å²) < 4.78 is 5.25. The molecule has 1 aliphatic rings. The number of hydrogen-bond donors (Lipinski definition) is 2. The molecule has 1 aromatic rings. The average molecular weight is 349 g/mol. The first-order chi connectivity index (χ1) is 11.9. The van der Waals surface area contributed by atoms with Crippen molar-refractivity contribution in [1.29, 1.82) is 0 Å². The first-order valence-electron chi connectivity index (χ1n) is 8.33. The van der Waals surface area contributed by atoms with Crippen LogP contribution in [0, 0.1) is 17.0 Å². The summed E-state index contributed by atoms with van der Waals surface area (Å²) in [7, 11) is 0. The van der Waals surface area contributed by atoms with E-state index in [1.54, 1.807) is 0 Å². The molecule has 0 spiro atoms. The van der Waals surface area contributed by atoms with Crippen molar-refractivity contribution in [2.75, 3.05) is 6.61 Å². The van der Waals surface area contributed by atoms with Crippen LogP contribution in [0.4, 0.5) is 4.79 Å². The number of rotatable bonds is 4. The third-order valence-corrected chi connectivity index (χ3v) is 4.62. The van der Waals surface area contributed by atoms with Gasteiger partial charge in [-0.2, -0.15) is 4.73 Å². The zero-order valence-electron chi connectivity index (χ0n) is 14.4. The normalized spacial score (nSPS) is 22.7. The molecule has 0 saturated heterocycles. The lowest BCUT2D eigenvalue weighted by molar-refractivity contribution is -0.605. The number of amides is 3. The van der Waals surface area contributed by atoms with Crippen molar-refractivity contribution in [3.8, 4) is 0 Å². The molecule has 1 fully saturated rings. The number of pyridine rings is 1. The van der Waals surface area contributed by atoms with Gasteiger partial charge in [-0.05, 0) is 24.3 Å². The molecule has 8 nitrogen and oxygen atoms in total. The highest BCUT2D eigenvalue weighted by Gasteiger charge is 2.28. The van der Waals surface area contributed by atoms with Crippen LogP contribution >= 0.6 is 0 Å². The lowest BCUT2D eigenvalue weighted by Gasteiger charge is -2.34. The molecule has 3 atom stereocenters. The van der Waals surface area contributed by atoms with E-state index in [1.807, 2.05) is 0 Å². The molecule has 25 heavy (non-hydrogen) atoms. The Kier molecular flexibility index (Phi) is 6.32. The van der Waals surface area contributed by atoms with Crippen LogP contribution in [-0.2, 0) is 9.53 Å². The minimum atomic E-state index is -0.810. The molecule has 2 rings (SSSR count). The number of esters is 1. The van der Waals surface area contributed by atoms with Gasteiger partial charge >= 0.3 is 12.0 Å². The monoisotopic (exact) mass is 349 g/mol. The number of aromatic nitrogens is 1. The summed E-state index contributed by atoms with van der Waals surface area (Å²) in [6.07, 6.45) is 5.32. The third-order valence-electron chi connectivity index (χ3n) is 4.62. The Morgan fingerprint density at radius 2 is 2.08 bits per heavy atom. The van der Waals surface area contributed by atoms with E-state index in [2.05, 4.69) is 24.5 Å². The van der Waals surface area contributed by atoms with Crippen LogP contribution in [0.2, 0.25) is 0 Å². The fourth-order valence-electron chi connectivity index (χ4n) is 2.94. The first kappa shape index (κ1) is 18.7. The van der Waals surface area contributed by atoms with Crippen molar-refractivity contribution in [2.45, 2.75) is 39.2 Å². The van der Waals surface area contributed by atoms with Crippen LogP contribution in [0.5, 0.6) is 0 Å². The lowest BCUT2D eigenvalue weighted by atomic mass is 9.78. The second kappa shape index (κ2) is 8.46. The Balaban J connectivity index is 1.76. The second-order valence-electron chi connectivity index (χ2n) is 6.42. The van der Waals surface area contributed by atoms with Gasteiger partial charge in [0.05, 0.1) is 0 Å². The van der Waals surface area contributed by atoms with Crippen LogP contribution in [0.25, 0.3) is 0 Å². The van der Waals surface area contributed by atoms with E-state index in [0.29, 0.717) is 16.6 Å². The Labute approximate surface area is 146 Å². The summed E-state index contributed by atoms with van der Waals surface area (Å²) >= 11 is 0. The quantitative estimate of drug-likeness (QED) is 0.481. The SMILES string of the molecule is C[C@H]1[C@H](C)CCC[C@H]1NC(=O)NC(=O)COC(=O)c1ccc[n+]([O-])c1. The molecule has 136 valence electrons. The summed E-state index contributed by atoms with van der Waals surface area (Å²) in [4.78, 5) is 35.4. The molecule has 1 aliphatic carbocycles. The summed E-state index contributed by atoms with van der Waals surface area (Å²) in [5.74, 6) is -0.682. The summed E-state index contributed by atoms with van der Waals surface area (Å²) in [5.41, 5.74) is 0.0276. The van der Waals surface area contributed by atoms with Crippen LogP contribution in [-0.4, -0.2) is 30.6 Å². The molecular formula is C17H23N3O5. The molecule has 0 aromatic carbocycles. The zero-order chi connectivity index (χ0) is 18.4. The van der Waals surface area contributed by atoms with E-state index in [4.69, 9.17) is 4.74 Å². The van der Waals surface area contributed by atoms with Crippen molar-refractivity contribution in [1.82, 2.24) is 10.6 Å². The molecule has 0 radical (unpaired) electrons. The van der Waals surface area contributed by atoms with Gasteiger partial charge in [-0.3, -0.25) is 10.1 Å². The van der Waals surface area contributed by atoms with Crippen molar-refractivity contribution in [3.63, 3.8) is 0 Å². The smallest absolute Gasteiger partial charge is 0.344 e. The Bertz CT molecular complexity index is 649. The maximum Gasteiger partial charge on any atom is 0.344 e. The van der Waals surface area contributed by atoms with Gasteiger partial charge in [0.15, 0.2) is 19.0 Å². The minimum Gasteiger partial charge on any atom is -0.619 e. The molecule has 2 N–H and O–H groups in total. The number of carbonyl (C=O) groups is 3. The van der Waals surface area contributed by atoms with E-state index in [0.717, 1.165) is 25.5 Å². The molecule has 0 bridgehead atoms. The third kappa shape index (κ3) is 5.44. The molecule has 8 heteroatoms. The fraction of sp³-hybridized carbons (Fsp3) is 0.529. The summed E-state index contributed by atoms with van der Waals surface area (Å²) in [5, 5.41) is 16.0. The van der Waals surface area contributed by atoms with Crippen molar-refractivity contribution in [2.24, 2.45) is 11.8 Å². The molecular weight excluding hydrogens is 326 g/mol. The number of urea groups is 1. The summed E-state index contributed by atoms with van der Waals surface area (Å²) in [6.45, 7) is 3.63. The van der Waals surface area contributed by atoms with Crippen LogP contribution in [0.3, 0.4) is 0 Å². The van der Waals surface area contributed by atoms with E-state index < -0.39 is 24.5 Å². The van der Waals surface area contributed by atoms with Crippen LogP contribution in [0.1, 0.15) is 43.5 Å². The van der Waals surface area contributed by atoms with Crippen LogP contribution in [0.15, 0.2) is 24.5 Å². The maximum atomic E-state index is 11.9. The van der Waals surface area contributed by atoms with E-state index >= 15 is 0 Å². The molecule has 1 saturated carbocycles. The van der Waals surface area contributed by atoms with Gasteiger partial charge in [-0.25, -0.2) is 9.59 Å². The van der Waals surface area contributed by atoms with E-state index in [1.165, 1.54) is 18.3 Å². The van der Waals surface area contributed by atoms with Gasteiger partial charge in [0.2, 0.25) is 0 Å². The van der Waals surface area contributed by atoms with Crippen molar-refractivity contribution >= 4 is 17.9 Å². The van der Waals surface area contributed by atoms with Gasteiger partial charge < -0.3 is 15.3 Å². The topological polar surface area (TPSA) is 111 Å². The zero-order valence-corrected chi connectivity index (χ0v) is 14.4. The van der Waals surface area contributed by atoms with E-state index in [-0.39, 0.29) is 11.6 Å². The predicted octanol–water partition coefficient (Wildman–Crippen LogP) is 1.13. The Morgan fingerprint density at radius 1 is 1.32 bits per heavy atom. The van der Waals surface area contributed by atoms with Gasteiger partial charge in [-0.15, -0.1) is 0 Å². The number of carbonyl (C=O) groups excluding carboxylic acids is 3. The van der Waals surface area contributed by atoms with Gasteiger partial charge in [0.25, 0.3) is 5.91 Å². The maximum absolute atomic E-state index is 11.9. The Morgan fingerprint density at radius 3 is 2.80 bits per heavy atom. The number of nitrogens with zero attached hydrogens (tertiary/aromatic N) is 1. The molecule has 0 unspecified atom stereocenters. The van der Waals surface area contributed by atoms with Gasteiger partial charge in [0.1, 0.15) is 5.56 Å². The first-order valence-corrected chi connectivity index (χ1v) is 8.33. The second-order valence-corrected chi connectivity index (χ2v) is 6.42. The standard InChI is InChI=1S/C17H23N3O5/c1-11-5-3-7-14(12(11)2)18-17(23)19-15(21)10-25-16(22)13-6-4-8-20(24)9-13/h4,6,8-9,11-12,14H,3,5,7,10H2,1-2H3,(H2,18,19,21,23)/t11-,12+,14-/m1/s1.